The Hall–Kier alpha value is -15.7. The van der Waals surface area contributed by atoms with Gasteiger partial charge in [0.1, 0.15) is 17.5 Å². The third-order valence-electron chi connectivity index (χ3n) is 23.8. The van der Waals surface area contributed by atoms with Crippen LogP contribution in [0.3, 0.4) is 0 Å². The Morgan fingerprint density at radius 1 is 0.374 bits per heavy atom. The fourth-order valence-electron chi connectivity index (χ4n) is 16.4. The molecular weight excluding hydrogens is 1680 g/mol. The summed E-state index contributed by atoms with van der Waals surface area (Å²) in [5.74, 6) is 20.7. The maximum absolute atomic E-state index is 12.2. The number of anilines is 3. The van der Waals surface area contributed by atoms with Crippen molar-refractivity contribution in [3.05, 3.63) is 191 Å². The predicted molar refractivity (Wildman–Crippen MR) is 480 cm³/mol. The number of amides is 8. The summed E-state index contributed by atoms with van der Waals surface area (Å²) in [5, 5.41) is 81.8. The van der Waals surface area contributed by atoms with E-state index in [-0.39, 0.29) is 48.5 Å². The van der Waals surface area contributed by atoms with Gasteiger partial charge in [-0.15, -0.1) is 0 Å². The van der Waals surface area contributed by atoms with Crippen molar-refractivity contribution >= 4 is 108 Å². The van der Waals surface area contributed by atoms with Crippen LogP contribution in [-0.2, 0) is 19.2 Å². The van der Waals surface area contributed by atoms with Crippen molar-refractivity contribution in [3.8, 4) is 76.0 Å². The van der Waals surface area contributed by atoms with E-state index in [4.69, 9.17) is 27.7 Å². The first-order valence-electron chi connectivity index (χ1n) is 42.0. The lowest BCUT2D eigenvalue weighted by Gasteiger charge is -2.16. The zero-order chi connectivity index (χ0) is 92.7. The standard InChI is InChI=1S/2C24H24N6O4.C24H24N6O3.C21H19N5O4/c2*1-28-10-8-24(34,23(28)33)7-5-15-3-2-4-16(11-15)30-19-12-20(29-9-6-17(31)14-29)26-13-18(19)21(27-30)22(25)32;1-28-12-9-24(33,23(28)32)8-7-16-5-4-6-17(13-16)30-19-14-20(29-10-2-3-11-29)26-15-18(19)21(27-30)22(25)31;1-25-9-8-21(29,20(25)28)7-6-13-4-3-5-14(10-13)26-16-11-17(30-2)23-12-15(16)18(24-26)19(22)27/h2*2-4,11-13,17,31,34H,6,8-10,14H2,1H3,(H2,25,32);4-6,13-15,33H,2-3,9-12H2,1H3,(H2,25,31);3-5,10-12,29H,8-9H2,1-2H3,(H2,22,27)/t17-,24+;17-,24-;24-;21-/m1000/s1. The Kier molecular flexibility index (Phi) is 24.3. The minimum atomic E-state index is -1.69. The summed E-state index contributed by atoms with van der Waals surface area (Å²) in [6, 6.07) is 35.8. The fraction of sp³-hybridized carbons (Fsp3) is 0.312. The van der Waals surface area contributed by atoms with Gasteiger partial charge in [0.15, 0.2) is 22.8 Å². The van der Waals surface area contributed by atoms with Gasteiger partial charge >= 0.3 is 0 Å². The largest absolute Gasteiger partial charge is 0.481 e. The SMILES string of the molecule is CN1CC[C@@](O)(C#Cc2cccc(-n3nc(C(N)=O)c4cnc(N5CCCC5)cc43)c2)C1=O.CN1CC[C@@](O)(C#Cc2cccc(-n3nc(C(N)=O)c4cnc(N5CC[C@@H](O)C5)cc43)c2)C1=O.CN1CC[C@@](O)(C#Cc2cccc(-n3nc(C(N)=O)c4cnc(N5CC[C@H](O)C5)cc43)c2)C1=O.COc1cc2c(cn1)c(C(N)=O)nn2-c1cccc(C#C[C@]2(O)CCN(C)C2=O)c1. The minimum absolute atomic E-state index is 0.0885. The van der Waals surface area contributed by atoms with Crippen LogP contribution in [0.4, 0.5) is 17.5 Å². The summed E-state index contributed by atoms with van der Waals surface area (Å²) in [6.07, 6.45) is 10.1. The third kappa shape index (κ3) is 18.0. The van der Waals surface area contributed by atoms with Gasteiger partial charge in [0, 0.05) is 191 Å². The molecular formula is C93H91N23O15. The monoisotopic (exact) mass is 1770 g/mol. The Morgan fingerprint density at radius 2 is 0.641 bits per heavy atom. The highest BCUT2D eigenvalue weighted by atomic mass is 16.5. The lowest BCUT2D eigenvalue weighted by molar-refractivity contribution is -0.138. The molecule has 0 aliphatic carbocycles. The number of carbonyl (C=O) groups excluding carboxylic acids is 8. The summed E-state index contributed by atoms with van der Waals surface area (Å²) in [7, 11) is 8.03. The number of methoxy groups -OCH3 is 1. The zero-order valence-corrected chi connectivity index (χ0v) is 71.9. The normalized spacial score (nSPS) is 20.9. The Morgan fingerprint density at radius 3 is 0.885 bits per heavy atom. The molecule has 38 heteroatoms. The second kappa shape index (κ2) is 35.9. The number of ether oxygens (including phenoxy) is 1. The van der Waals surface area contributed by atoms with Gasteiger partial charge in [-0.3, -0.25) is 38.4 Å². The van der Waals surface area contributed by atoms with Crippen LogP contribution in [0.15, 0.2) is 146 Å². The van der Waals surface area contributed by atoms with E-state index in [1.807, 2.05) is 52.3 Å². The van der Waals surface area contributed by atoms with E-state index in [0.717, 1.165) is 37.3 Å². The van der Waals surface area contributed by atoms with Crippen LogP contribution in [0, 0.1) is 47.4 Å². The molecule has 4 aromatic carbocycles. The molecule has 0 saturated carbocycles. The first kappa shape index (κ1) is 88.7. The highest BCUT2D eigenvalue weighted by molar-refractivity contribution is 6.08. The summed E-state index contributed by atoms with van der Waals surface area (Å²) in [4.78, 5) is 126. The van der Waals surface area contributed by atoms with E-state index in [1.165, 1.54) is 32.9 Å². The van der Waals surface area contributed by atoms with Crippen LogP contribution in [0.1, 0.15) is 116 Å². The van der Waals surface area contributed by atoms with Gasteiger partial charge in [-0.25, -0.2) is 38.7 Å². The summed E-state index contributed by atoms with van der Waals surface area (Å²) < 4.78 is 11.6. The molecule has 7 saturated heterocycles. The number of carbonyl (C=O) groups is 8. The lowest BCUT2D eigenvalue weighted by atomic mass is 10.0. The van der Waals surface area contributed by atoms with Gasteiger partial charge in [0.2, 0.25) is 28.3 Å². The topological polar surface area (TPSA) is 517 Å². The quantitative estimate of drug-likeness (QED) is 0.0777. The molecule has 0 spiro atoms. The van der Waals surface area contributed by atoms with Crippen LogP contribution in [-0.4, -0.2) is 292 Å². The molecule has 15 heterocycles. The fourth-order valence-corrected chi connectivity index (χ4v) is 16.4. The summed E-state index contributed by atoms with van der Waals surface area (Å²) >= 11 is 0. The van der Waals surface area contributed by atoms with Crippen molar-refractivity contribution < 1.29 is 73.7 Å². The molecule has 7 aliphatic heterocycles. The van der Waals surface area contributed by atoms with Crippen LogP contribution in [0.2, 0.25) is 0 Å². The van der Waals surface area contributed by atoms with Crippen molar-refractivity contribution in [3.63, 3.8) is 0 Å². The number of likely N-dealkylation sites (N-methyl/N-ethyl adjacent to an activating group) is 4. The molecule has 131 heavy (non-hydrogen) atoms. The van der Waals surface area contributed by atoms with Crippen molar-refractivity contribution in [1.29, 1.82) is 0 Å². The van der Waals surface area contributed by atoms with Crippen LogP contribution >= 0.6 is 0 Å². The molecule has 0 radical (unpaired) electrons. The number of benzene rings is 4. The first-order chi connectivity index (χ1) is 62.7. The second-order valence-corrected chi connectivity index (χ2v) is 32.9. The number of primary amides is 4. The Bertz CT molecular complexity index is 6740. The molecule has 668 valence electrons. The van der Waals surface area contributed by atoms with Crippen LogP contribution in [0.25, 0.3) is 66.4 Å². The van der Waals surface area contributed by atoms with Crippen molar-refractivity contribution in [1.82, 2.24) is 78.7 Å². The average Bonchev–Trinajstić information content (AvgIpc) is 1.64. The van der Waals surface area contributed by atoms with Gasteiger partial charge in [-0.2, -0.15) is 20.4 Å². The number of rotatable bonds is 12. The smallest absolute Gasteiger partial charge is 0.269 e. The molecule has 7 fully saturated rings. The number of likely N-dealkylation sites (tertiary alicyclic amines) is 4. The van der Waals surface area contributed by atoms with Gasteiger partial charge in [0.25, 0.3) is 47.3 Å². The molecule has 8 aromatic heterocycles. The summed E-state index contributed by atoms with van der Waals surface area (Å²) in [6.45, 7) is 6.02. The molecule has 14 N–H and O–H groups in total. The molecule has 38 nitrogen and oxygen atoms in total. The number of hydrogen-bond donors (Lipinski definition) is 10. The number of hydrogen-bond acceptors (Lipinski definition) is 26. The molecule has 0 unspecified atom stereocenters. The number of aliphatic hydroxyl groups excluding tert-OH is 2. The highest BCUT2D eigenvalue weighted by Gasteiger charge is 2.46. The number of nitrogens with two attached hydrogens (primary N) is 4. The molecule has 7 aliphatic rings. The van der Waals surface area contributed by atoms with E-state index in [9.17, 15) is 69.0 Å². The van der Waals surface area contributed by atoms with E-state index in [2.05, 4.69) is 92.6 Å². The van der Waals surface area contributed by atoms with Crippen molar-refractivity contribution in [2.24, 2.45) is 22.9 Å². The van der Waals surface area contributed by atoms with E-state index in [1.54, 1.807) is 144 Å². The lowest BCUT2D eigenvalue weighted by Crippen LogP contribution is -2.37. The number of pyridine rings is 4. The van der Waals surface area contributed by atoms with Gasteiger partial charge < -0.3 is 92.6 Å². The number of β-amino-alcohol motifs (C(OH)–C–C–N with tert-alkyl or cyclic N) is 2. The van der Waals surface area contributed by atoms with Gasteiger partial charge in [0.05, 0.1) is 85.7 Å². The highest BCUT2D eigenvalue weighted by Crippen LogP contribution is 2.35. The number of nitrogens with zero attached hydrogens (tertiary/aromatic N) is 19. The van der Waals surface area contributed by atoms with Crippen LogP contribution < -0.4 is 42.4 Å². The maximum Gasteiger partial charge on any atom is 0.269 e. The second-order valence-electron chi connectivity index (χ2n) is 32.9. The molecule has 0 bridgehead atoms. The maximum atomic E-state index is 12.2. The Balaban J connectivity index is 0.000000128. The summed E-state index contributed by atoms with van der Waals surface area (Å²) in [5.41, 5.74) is 23.4. The zero-order valence-electron chi connectivity index (χ0n) is 71.9. The molecule has 6 atom stereocenters. The van der Waals surface area contributed by atoms with Crippen LogP contribution in [0.5, 0.6) is 5.88 Å². The molecule has 19 rings (SSSR count). The van der Waals surface area contributed by atoms with Crippen molar-refractivity contribution in [2.75, 3.05) is 115 Å². The number of fused-ring (bicyclic) bond motifs is 4. The average molecular weight is 1770 g/mol. The van der Waals surface area contributed by atoms with Gasteiger partial charge in [-0.1, -0.05) is 71.6 Å². The van der Waals surface area contributed by atoms with E-state index < -0.39 is 81.9 Å². The predicted octanol–water partition coefficient (Wildman–Crippen LogP) is 1.61. The van der Waals surface area contributed by atoms with E-state index >= 15 is 0 Å². The molecule has 12 aromatic rings. The third-order valence-corrected chi connectivity index (χ3v) is 23.8. The number of aliphatic hydroxyl groups is 6. The molecule has 8 amide bonds. The Labute approximate surface area is 748 Å². The minimum Gasteiger partial charge on any atom is -0.481 e. The number of aromatic nitrogens is 12. The van der Waals surface area contributed by atoms with Crippen molar-refractivity contribution in [2.45, 2.75) is 86.0 Å². The van der Waals surface area contributed by atoms with Gasteiger partial charge in [-0.05, 0) is 98.5 Å². The first-order valence-corrected chi connectivity index (χ1v) is 42.0. The van der Waals surface area contributed by atoms with E-state index in [0.29, 0.717) is 166 Å².